The first-order valence-electron chi connectivity index (χ1n) is 14.4. The van der Waals surface area contributed by atoms with Crippen LogP contribution >= 0.6 is 22.6 Å². The number of hydrogen-bond donors (Lipinski definition) is 1. The lowest BCUT2D eigenvalue weighted by Crippen LogP contribution is -2.19. The van der Waals surface area contributed by atoms with Gasteiger partial charge in [-0.3, -0.25) is 0 Å². The summed E-state index contributed by atoms with van der Waals surface area (Å²) in [6.07, 6.45) is 12.2. The maximum absolute atomic E-state index is 14.3. The predicted octanol–water partition coefficient (Wildman–Crippen LogP) is 9.85. The van der Waals surface area contributed by atoms with Gasteiger partial charge in [-0.05, 0) is 109 Å². The lowest BCUT2D eigenvalue weighted by Gasteiger charge is -2.33. The maximum Gasteiger partial charge on any atom is 0.321 e. The molecule has 3 atom stereocenters. The van der Waals surface area contributed by atoms with Crippen molar-refractivity contribution in [2.75, 3.05) is 0 Å². The van der Waals surface area contributed by atoms with E-state index in [2.05, 4.69) is 51.1 Å². The van der Waals surface area contributed by atoms with E-state index in [0.29, 0.717) is 29.2 Å². The Morgan fingerprint density at radius 1 is 1.05 bits per heavy atom. The second-order valence-electron chi connectivity index (χ2n) is 12.4. The first-order valence-corrected chi connectivity index (χ1v) is 15.5. The van der Waals surface area contributed by atoms with Gasteiger partial charge in [-0.1, -0.05) is 75.2 Å². The van der Waals surface area contributed by atoms with Gasteiger partial charge in [0, 0.05) is 34.1 Å². The molecule has 0 spiro atoms. The van der Waals surface area contributed by atoms with Crippen LogP contribution in [0.5, 0.6) is 0 Å². The summed E-state index contributed by atoms with van der Waals surface area (Å²) in [4.78, 5) is 0. The fraction of sp³-hybridized carbons (Fsp3) is 0.529. The Labute approximate surface area is 241 Å². The quantitative estimate of drug-likeness (QED) is 0.239. The van der Waals surface area contributed by atoms with Crippen LogP contribution in [0.4, 0.5) is 8.78 Å². The average Bonchev–Trinajstić information content (AvgIpc) is 3.43. The minimum absolute atomic E-state index is 0.118. The Hall–Kier alpha value is -1.53. The molecule has 3 aliphatic carbocycles. The third-order valence-electron chi connectivity index (χ3n) is 9.39. The highest BCUT2D eigenvalue weighted by Gasteiger charge is 2.35. The molecule has 1 fully saturated rings. The van der Waals surface area contributed by atoms with Gasteiger partial charge >= 0.3 is 3.93 Å². The number of fused-ring (bicyclic) bond motifs is 1. The fourth-order valence-corrected chi connectivity index (χ4v) is 7.75. The van der Waals surface area contributed by atoms with Gasteiger partial charge in [-0.2, -0.15) is 8.78 Å². The summed E-state index contributed by atoms with van der Waals surface area (Å²) in [7, 11) is 0. The minimum atomic E-state index is -2.87. The molecule has 204 valence electrons. The molecule has 0 radical (unpaired) electrons. The van der Waals surface area contributed by atoms with Crippen LogP contribution < -0.4 is 0 Å². The van der Waals surface area contributed by atoms with Crippen LogP contribution in [0, 0.1) is 24.7 Å². The molecule has 3 unspecified atom stereocenters. The predicted molar refractivity (Wildman–Crippen MR) is 162 cm³/mol. The van der Waals surface area contributed by atoms with E-state index < -0.39 is 3.93 Å². The van der Waals surface area contributed by atoms with E-state index in [9.17, 15) is 13.9 Å². The van der Waals surface area contributed by atoms with Crippen molar-refractivity contribution in [1.82, 2.24) is 0 Å². The molecule has 0 amide bonds. The van der Waals surface area contributed by atoms with E-state index in [1.165, 1.54) is 77.0 Å². The van der Waals surface area contributed by atoms with Crippen molar-refractivity contribution in [3.8, 4) is 0 Å². The van der Waals surface area contributed by atoms with Crippen LogP contribution in [0.1, 0.15) is 105 Å². The molecule has 0 aliphatic heterocycles. The SMILES string of the molecule is Cc1ccc(C2=CC(CCC(C)C)C(C3CCC(c4cccc5c4C(C)C(O)C5)CC3)=C2)cc1C(F)(F)I. The monoisotopic (exact) mass is 630 g/mol. The number of alkyl halides is 3. The van der Waals surface area contributed by atoms with Gasteiger partial charge < -0.3 is 5.11 Å². The van der Waals surface area contributed by atoms with Gasteiger partial charge in [-0.25, -0.2) is 0 Å². The lowest BCUT2D eigenvalue weighted by atomic mass is 9.72. The second kappa shape index (κ2) is 11.2. The fourth-order valence-electron chi connectivity index (χ4n) is 7.17. The Bertz CT molecular complexity index is 1230. The Balaban J connectivity index is 1.37. The molecule has 0 aromatic heterocycles. The maximum atomic E-state index is 14.3. The minimum Gasteiger partial charge on any atom is -0.392 e. The first-order chi connectivity index (χ1) is 18.0. The molecule has 38 heavy (non-hydrogen) atoms. The molecule has 0 heterocycles. The lowest BCUT2D eigenvalue weighted by molar-refractivity contribution is 0.127. The molecule has 1 saturated carbocycles. The van der Waals surface area contributed by atoms with Crippen LogP contribution in [0.15, 0.2) is 54.1 Å². The molecule has 1 N–H and O–H groups in total. The van der Waals surface area contributed by atoms with E-state index in [1.807, 2.05) is 12.1 Å². The molecule has 0 bridgehead atoms. The van der Waals surface area contributed by atoms with Crippen LogP contribution in [0.25, 0.3) is 5.57 Å². The zero-order valence-electron chi connectivity index (χ0n) is 23.1. The van der Waals surface area contributed by atoms with Crippen LogP contribution in [-0.2, 0) is 10.4 Å². The van der Waals surface area contributed by atoms with Crippen molar-refractivity contribution in [2.24, 2.45) is 17.8 Å². The van der Waals surface area contributed by atoms with Gasteiger partial charge in [0.05, 0.1) is 6.10 Å². The topological polar surface area (TPSA) is 20.2 Å². The molecule has 2 aromatic carbocycles. The summed E-state index contributed by atoms with van der Waals surface area (Å²) in [5.74, 6) is 2.37. The smallest absolute Gasteiger partial charge is 0.321 e. The van der Waals surface area contributed by atoms with Gasteiger partial charge in [0.15, 0.2) is 0 Å². The van der Waals surface area contributed by atoms with E-state index in [1.54, 1.807) is 13.0 Å². The highest BCUT2D eigenvalue weighted by atomic mass is 127. The summed E-state index contributed by atoms with van der Waals surface area (Å²) < 4.78 is 25.7. The summed E-state index contributed by atoms with van der Waals surface area (Å²) in [5, 5.41) is 10.5. The molecule has 4 heteroatoms. The molecule has 3 aliphatic rings. The molecule has 2 aromatic rings. The van der Waals surface area contributed by atoms with Crippen LogP contribution in [0.3, 0.4) is 0 Å². The van der Waals surface area contributed by atoms with Gasteiger partial charge in [-0.15, -0.1) is 0 Å². The van der Waals surface area contributed by atoms with E-state index in [-0.39, 0.29) is 17.6 Å². The molecular formula is C34H41F2IO. The summed E-state index contributed by atoms with van der Waals surface area (Å²) >= 11 is 1.25. The number of benzene rings is 2. The molecule has 5 rings (SSSR count). The first kappa shape index (κ1) is 28.0. The molecule has 1 nitrogen and oxygen atoms in total. The van der Waals surface area contributed by atoms with E-state index in [0.717, 1.165) is 24.0 Å². The number of hydrogen-bond acceptors (Lipinski definition) is 1. The van der Waals surface area contributed by atoms with Crippen molar-refractivity contribution >= 4 is 28.2 Å². The average molecular weight is 631 g/mol. The van der Waals surface area contributed by atoms with Crippen LogP contribution in [-0.4, -0.2) is 11.2 Å². The number of aliphatic hydroxyl groups is 1. The van der Waals surface area contributed by atoms with Gasteiger partial charge in [0.25, 0.3) is 0 Å². The van der Waals surface area contributed by atoms with E-state index >= 15 is 0 Å². The number of rotatable bonds is 7. The summed E-state index contributed by atoms with van der Waals surface area (Å²) in [6.45, 7) is 8.49. The van der Waals surface area contributed by atoms with Crippen molar-refractivity contribution in [3.63, 3.8) is 0 Å². The standard InChI is InChI=1S/C34H41F2IO/c1-20(2)8-10-26-16-28(25-11-9-21(3)31(18-25)34(35,36)37)17-30(26)24-14-12-23(13-15-24)29-7-5-6-27-19-32(38)22(4)33(27)29/h5-7,9,11,16-18,20,22-24,26,32,38H,8,10,12-15,19H2,1-4H3. The summed E-state index contributed by atoms with van der Waals surface area (Å²) in [6, 6.07) is 12.2. The third kappa shape index (κ3) is 5.68. The molecule has 0 saturated heterocycles. The zero-order chi connectivity index (χ0) is 27.2. The highest BCUT2D eigenvalue weighted by Crippen LogP contribution is 2.48. The highest BCUT2D eigenvalue weighted by molar-refractivity contribution is 14.1. The number of allylic oxidation sites excluding steroid dienone is 4. The van der Waals surface area contributed by atoms with E-state index in [4.69, 9.17) is 0 Å². The number of aliphatic hydroxyl groups excluding tert-OH is 1. The largest absolute Gasteiger partial charge is 0.392 e. The normalized spacial score (nSPS) is 27.4. The van der Waals surface area contributed by atoms with Gasteiger partial charge in [0.1, 0.15) is 0 Å². The van der Waals surface area contributed by atoms with Gasteiger partial charge in [0.2, 0.25) is 0 Å². The molecular weight excluding hydrogens is 589 g/mol. The third-order valence-corrected chi connectivity index (χ3v) is 9.97. The number of aryl methyl sites for hydroxylation is 1. The second-order valence-corrected chi connectivity index (χ2v) is 13.8. The van der Waals surface area contributed by atoms with Crippen molar-refractivity contribution in [1.29, 1.82) is 0 Å². The summed E-state index contributed by atoms with van der Waals surface area (Å²) in [5.41, 5.74) is 8.50. The Morgan fingerprint density at radius 3 is 2.45 bits per heavy atom. The number of halogens is 3. The van der Waals surface area contributed by atoms with Crippen molar-refractivity contribution < 1.29 is 13.9 Å². The zero-order valence-corrected chi connectivity index (χ0v) is 25.3. The van der Waals surface area contributed by atoms with Crippen molar-refractivity contribution in [3.05, 3.63) is 87.5 Å². The Kier molecular flexibility index (Phi) is 8.22. The van der Waals surface area contributed by atoms with Crippen molar-refractivity contribution in [2.45, 2.75) is 94.5 Å². The Morgan fingerprint density at radius 2 is 1.76 bits per heavy atom. The van der Waals surface area contributed by atoms with Crippen LogP contribution in [0.2, 0.25) is 0 Å².